The third-order valence-electron chi connectivity index (χ3n) is 2.12. The van der Waals surface area contributed by atoms with Crippen molar-refractivity contribution >= 4 is 23.4 Å². The minimum atomic E-state index is -0.361. The van der Waals surface area contributed by atoms with Crippen molar-refractivity contribution in [2.24, 2.45) is 9.98 Å². The number of rotatable bonds is 2. The fourth-order valence-electron chi connectivity index (χ4n) is 1.13. The topological polar surface area (TPSA) is 61.1 Å². The molecule has 1 aromatic rings. The second kappa shape index (κ2) is 4.38. The van der Waals surface area contributed by atoms with Crippen molar-refractivity contribution < 1.29 is 5.21 Å². The molecule has 0 aromatic carbocycles. The Kier molecular flexibility index (Phi) is 3.08. The van der Waals surface area contributed by atoms with Gasteiger partial charge in [-0.25, -0.2) is 15.0 Å². The Balaban J connectivity index is 2.18. The first-order valence-electron chi connectivity index (χ1n) is 5.19. The molecule has 1 aliphatic heterocycles. The number of aromatic nitrogens is 1. The van der Waals surface area contributed by atoms with Crippen LogP contribution in [-0.4, -0.2) is 32.8 Å². The van der Waals surface area contributed by atoms with Crippen LogP contribution < -0.4 is 0 Å². The molecule has 0 bridgehead atoms. The lowest BCUT2D eigenvalue weighted by molar-refractivity contribution is -0.110. The lowest BCUT2D eigenvalue weighted by atomic mass is 10.1. The summed E-state index contributed by atoms with van der Waals surface area (Å²) in [6, 6.07) is 0. The fourth-order valence-corrected chi connectivity index (χ4v) is 1.70. The molecule has 0 radical (unpaired) electrons. The molecule has 0 amide bonds. The average molecular weight is 250 g/mol. The van der Waals surface area contributed by atoms with E-state index in [2.05, 4.69) is 15.0 Å². The van der Waals surface area contributed by atoms with E-state index in [0.717, 1.165) is 10.1 Å². The Morgan fingerprint density at radius 1 is 1.41 bits per heavy atom. The van der Waals surface area contributed by atoms with Crippen LogP contribution in [0.1, 0.15) is 25.8 Å². The summed E-state index contributed by atoms with van der Waals surface area (Å²) in [5, 5.41) is 13.6. The Labute approximate surface area is 104 Å². The number of hydrogen-bond acceptors (Lipinski definition) is 6. The molecule has 1 N–H and O–H groups in total. The van der Waals surface area contributed by atoms with Gasteiger partial charge in [-0.1, -0.05) is 0 Å². The number of allylic oxidation sites excluding steroid dienone is 1. The maximum absolute atomic E-state index is 9.78. The second-order valence-electron chi connectivity index (χ2n) is 4.60. The van der Waals surface area contributed by atoms with Crippen LogP contribution >= 0.6 is 11.3 Å². The summed E-state index contributed by atoms with van der Waals surface area (Å²) in [6.07, 6.45) is 4.89. The first kappa shape index (κ1) is 11.9. The van der Waals surface area contributed by atoms with E-state index in [1.54, 1.807) is 18.6 Å². The highest BCUT2D eigenvalue weighted by Gasteiger charge is 2.18. The summed E-state index contributed by atoms with van der Waals surface area (Å²) in [5.41, 5.74) is 0.257. The molecule has 0 spiro atoms. The molecule has 2 rings (SSSR count). The Hall–Kier alpha value is -1.53. The van der Waals surface area contributed by atoms with Crippen molar-refractivity contribution in [3.8, 4) is 0 Å². The number of hydroxylamine groups is 2. The molecule has 17 heavy (non-hydrogen) atoms. The van der Waals surface area contributed by atoms with Crippen molar-refractivity contribution in [3.63, 3.8) is 0 Å². The summed E-state index contributed by atoms with van der Waals surface area (Å²) in [4.78, 5) is 12.6. The number of nitrogens with zero attached hydrogens (tertiary/aromatic N) is 4. The van der Waals surface area contributed by atoms with Crippen molar-refractivity contribution in [1.82, 2.24) is 10.0 Å². The lowest BCUT2D eigenvalue weighted by Gasteiger charge is -2.27. The summed E-state index contributed by atoms with van der Waals surface area (Å²) in [7, 11) is 0. The predicted molar refractivity (Wildman–Crippen MR) is 68.6 cm³/mol. The van der Waals surface area contributed by atoms with Gasteiger partial charge in [0.2, 0.25) is 0 Å². The van der Waals surface area contributed by atoms with Gasteiger partial charge in [0.05, 0.1) is 18.0 Å². The van der Waals surface area contributed by atoms with E-state index in [9.17, 15) is 5.21 Å². The van der Waals surface area contributed by atoms with Crippen molar-refractivity contribution in [3.05, 3.63) is 28.5 Å². The predicted octanol–water partition coefficient (Wildman–Crippen LogP) is 2.31. The highest BCUT2D eigenvalue weighted by Crippen LogP contribution is 2.16. The third kappa shape index (κ3) is 2.78. The smallest absolute Gasteiger partial charge is 0.189 e. The quantitative estimate of drug-likeness (QED) is 0.819. The first-order valence-corrected chi connectivity index (χ1v) is 6.07. The molecule has 2 heterocycles. The number of hydrogen-bond donors (Lipinski definition) is 1. The van der Waals surface area contributed by atoms with Crippen LogP contribution in [0.3, 0.4) is 0 Å². The number of thiazole rings is 1. The van der Waals surface area contributed by atoms with Crippen LogP contribution in [0.25, 0.3) is 0 Å². The molecule has 6 heteroatoms. The van der Waals surface area contributed by atoms with Gasteiger partial charge in [0.15, 0.2) is 10.8 Å². The maximum Gasteiger partial charge on any atom is 0.189 e. The maximum atomic E-state index is 9.78. The number of aliphatic imine (C=N–C) groups is 2. The van der Waals surface area contributed by atoms with Gasteiger partial charge in [0.25, 0.3) is 0 Å². The van der Waals surface area contributed by atoms with Gasteiger partial charge in [-0.2, -0.15) is 0 Å². The zero-order chi connectivity index (χ0) is 12.5. The van der Waals surface area contributed by atoms with Crippen LogP contribution in [0.4, 0.5) is 0 Å². The van der Waals surface area contributed by atoms with Crippen LogP contribution in [0.15, 0.2) is 33.5 Å². The standard InChI is InChI=1S/C11H14N4OS/c1-11(2,3)15(16)7-8-6-13-9(14-8)10-12-4-5-17-10/h4-7,16H,1-3H3/b8-7+. The normalized spacial score (nSPS) is 17.6. The first-order chi connectivity index (χ1) is 7.97. The molecule has 90 valence electrons. The monoisotopic (exact) mass is 250 g/mol. The van der Waals surface area contributed by atoms with E-state index in [4.69, 9.17) is 0 Å². The van der Waals surface area contributed by atoms with Crippen LogP contribution in [-0.2, 0) is 0 Å². The zero-order valence-corrected chi connectivity index (χ0v) is 10.8. The van der Waals surface area contributed by atoms with E-state index in [0.29, 0.717) is 11.5 Å². The van der Waals surface area contributed by atoms with Crippen LogP contribution in [0, 0.1) is 0 Å². The molecule has 0 aliphatic carbocycles. The SMILES string of the molecule is CC(C)(C)N(O)/C=C1\C=NC(c2nccs2)=N1. The van der Waals surface area contributed by atoms with Crippen LogP contribution in [0.2, 0.25) is 0 Å². The average Bonchev–Trinajstić information content (AvgIpc) is 2.83. The lowest BCUT2D eigenvalue weighted by Crippen LogP contribution is -2.34. The molecule has 0 saturated carbocycles. The summed E-state index contributed by atoms with van der Waals surface area (Å²) in [6.45, 7) is 5.71. The third-order valence-corrected chi connectivity index (χ3v) is 2.89. The minimum Gasteiger partial charge on any atom is -0.288 e. The van der Waals surface area contributed by atoms with Crippen molar-refractivity contribution in [2.45, 2.75) is 26.3 Å². The van der Waals surface area contributed by atoms with Gasteiger partial charge in [-0.15, -0.1) is 11.3 Å². The molecular weight excluding hydrogens is 236 g/mol. The summed E-state index contributed by atoms with van der Waals surface area (Å²) >= 11 is 1.49. The molecular formula is C11H14N4OS. The van der Waals surface area contributed by atoms with E-state index >= 15 is 0 Å². The second-order valence-corrected chi connectivity index (χ2v) is 5.49. The number of amidine groups is 1. The van der Waals surface area contributed by atoms with E-state index < -0.39 is 0 Å². The molecule has 0 unspecified atom stereocenters. The molecule has 0 fully saturated rings. The van der Waals surface area contributed by atoms with Gasteiger partial charge in [-0.3, -0.25) is 10.3 Å². The van der Waals surface area contributed by atoms with Crippen molar-refractivity contribution in [2.75, 3.05) is 0 Å². The molecule has 0 atom stereocenters. The van der Waals surface area contributed by atoms with E-state index in [-0.39, 0.29) is 5.54 Å². The zero-order valence-electron chi connectivity index (χ0n) is 9.95. The van der Waals surface area contributed by atoms with Gasteiger partial charge >= 0.3 is 0 Å². The Bertz CT molecular complexity index is 482. The molecule has 5 nitrogen and oxygen atoms in total. The van der Waals surface area contributed by atoms with Gasteiger partial charge in [0, 0.05) is 11.6 Å². The Morgan fingerprint density at radius 3 is 2.76 bits per heavy atom. The molecule has 0 saturated heterocycles. The van der Waals surface area contributed by atoms with Gasteiger partial charge in [0.1, 0.15) is 5.70 Å². The van der Waals surface area contributed by atoms with Gasteiger partial charge < -0.3 is 0 Å². The highest BCUT2D eigenvalue weighted by atomic mass is 32.1. The Morgan fingerprint density at radius 2 is 2.18 bits per heavy atom. The minimum absolute atomic E-state index is 0.361. The molecule has 1 aliphatic rings. The van der Waals surface area contributed by atoms with Gasteiger partial charge in [-0.05, 0) is 20.8 Å². The van der Waals surface area contributed by atoms with E-state index in [1.807, 2.05) is 26.2 Å². The van der Waals surface area contributed by atoms with Crippen LogP contribution in [0.5, 0.6) is 0 Å². The highest BCUT2D eigenvalue weighted by molar-refractivity contribution is 7.11. The summed E-state index contributed by atoms with van der Waals surface area (Å²) in [5.74, 6) is 0.591. The fraction of sp³-hybridized carbons (Fsp3) is 0.364. The summed E-state index contributed by atoms with van der Waals surface area (Å²) < 4.78 is 0. The molecule has 1 aromatic heterocycles. The van der Waals surface area contributed by atoms with E-state index in [1.165, 1.54) is 11.3 Å². The van der Waals surface area contributed by atoms with Crippen molar-refractivity contribution in [1.29, 1.82) is 0 Å². The largest absolute Gasteiger partial charge is 0.288 e.